The maximum atomic E-state index is 11.8. The van der Waals surface area contributed by atoms with Crippen molar-refractivity contribution in [2.75, 3.05) is 11.9 Å². The van der Waals surface area contributed by atoms with Gasteiger partial charge in [-0.05, 0) is 31.4 Å². The van der Waals surface area contributed by atoms with Crippen LogP contribution in [0.15, 0.2) is 24.5 Å². The molecule has 1 aromatic rings. The average molecular weight is 349 g/mol. The van der Waals surface area contributed by atoms with E-state index in [2.05, 4.69) is 15.6 Å². The van der Waals surface area contributed by atoms with Crippen LogP contribution in [0.3, 0.4) is 0 Å². The first-order valence-corrected chi connectivity index (χ1v) is 6.88. The zero-order valence-electron chi connectivity index (χ0n) is 12.2. The molecule has 2 rings (SSSR count). The molecule has 0 spiro atoms. The Morgan fingerprint density at radius 3 is 2.50 bits per heavy atom. The summed E-state index contributed by atoms with van der Waals surface area (Å²) in [5.74, 6) is -0.109. The van der Waals surface area contributed by atoms with Gasteiger partial charge in [-0.25, -0.2) is 0 Å². The molecule has 8 heteroatoms. The summed E-state index contributed by atoms with van der Waals surface area (Å²) in [4.78, 5) is 27.4. The van der Waals surface area contributed by atoms with Gasteiger partial charge in [0.25, 0.3) is 0 Å². The first-order chi connectivity index (χ1) is 9.65. The first-order valence-electron chi connectivity index (χ1n) is 6.88. The lowest BCUT2D eigenvalue weighted by Crippen LogP contribution is -2.32. The molecule has 0 saturated heterocycles. The van der Waals surface area contributed by atoms with Crippen LogP contribution in [-0.4, -0.2) is 29.4 Å². The van der Waals surface area contributed by atoms with Crippen molar-refractivity contribution in [2.45, 2.75) is 31.7 Å². The largest absolute Gasteiger partial charge is 0.355 e. The number of nitrogens with one attached hydrogen (secondary N) is 2. The molecule has 124 valence electrons. The second kappa shape index (κ2) is 10.4. The molecule has 0 radical (unpaired) electrons. The molecule has 2 amide bonds. The summed E-state index contributed by atoms with van der Waals surface area (Å²) in [6, 6.07) is 3.58. The fourth-order valence-corrected chi connectivity index (χ4v) is 2.36. The van der Waals surface area contributed by atoms with Gasteiger partial charge in [0, 0.05) is 43.0 Å². The highest BCUT2D eigenvalue weighted by Gasteiger charge is 2.27. The molecule has 1 saturated carbocycles. The fraction of sp³-hybridized carbons (Fsp3) is 0.500. The van der Waals surface area contributed by atoms with E-state index in [0.29, 0.717) is 12.2 Å². The highest BCUT2D eigenvalue weighted by molar-refractivity contribution is 5.91. The van der Waals surface area contributed by atoms with E-state index in [1.165, 1.54) is 0 Å². The van der Waals surface area contributed by atoms with E-state index in [4.69, 9.17) is 5.73 Å². The number of hydrogen-bond donors (Lipinski definition) is 3. The van der Waals surface area contributed by atoms with Gasteiger partial charge in [0.15, 0.2) is 0 Å². The quantitative estimate of drug-likeness (QED) is 0.750. The van der Waals surface area contributed by atoms with E-state index in [9.17, 15) is 9.59 Å². The van der Waals surface area contributed by atoms with Gasteiger partial charge in [-0.3, -0.25) is 14.6 Å². The van der Waals surface area contributed by atoms with E-state index < -0.39 is 0 Å². The van der Waals surface area contributed by atoms with Gasteiger partial charge in [0.05, 0.1) is 0 Å². The summed E-state index contributed by atoms with van der Waals surface area (Å²) in [6.45, 7) is 0.349. The lowest BCUT2D eigenvalue weighted by atomic mass is 10.1. The number of pyridine rings is 1. The first kappa shape index (κ1) is 20.6. The van der Waals surface area contributed by atoms with Crippen LogP contribution in [0.25, 0.3) is 0 Å². The topological polar surface area (TPSA) is 97.1 Å². The Balaban J connectivity index is 0.00000220. The molecule has 1 fully saturated rings. The Bertz CT molecular complexity index is 473. The summed E-state index contributed by atoms with van der Waals surface area (Å²) < 4.78 is 0. The van der Waals surface area contributed by atoms with Gasteiger partial charge in [-0.2, -0.15) is 0 Å². The molecule has 1 aromatic heterocycles. The van der Waals surface area contributed by atoms with Crippen molar-refractivity contribution in [1.29, 1.82) is 0 Å². The van der Waals surface area contributed by atoms with Crippen LogP contribution >= 0.6 is 24.8 Å². The highest BCUT2D eigenvalue weighted by atomic mass is 35.5. The normalized spacial score (nSPS) is 19.5. The molecule has 1 aliphatic rings. The van der Waals surface area contributed by atoms with Gasteiger partial charge in [-0.1, -0.05) is 0 Å². The summed E-state index contributed by atoms with van der Waals surface area (Å²) in [7, 11) is 0. The monoisotopic (exact) mass is 348 g/mol. The lowest BCUT2D eigenvalue weighted by Gasteiger charge is -2.10. The molecule has 0 aliphatic heterocycles. The summed E-state index contributed by atoms with van der Waals surface area (Å²) >= 11 is 0. The maximum absolute atomic E-state index is 11.8. The number of carbonyl (C=O) groups excluding carboxylic acids is 2. The Morgan fingerprint density at radius 1 is 1.23 bits per heavy atom. The number of aromatic nitrogens is 1. The predicted molar refractivity (Wildman–Crippen MR) is 90.3 cm³/mol. The molecule has 4 N–H and O–H groups in total. The molecular weight excluding hydrogens is 327 g/mol. The number of halogens is 2. The number of rotatable bonds is 5. The molecule has 2 unspecified atom stereocenters. The molecule has 1 aliphatic carbocycles. The number of amides is 2. The molecule has 22 heavy (non-hydrogen) atoms. The SMILES string of the molecule is Cl.Cl.NC1CCC(C(=O)NCCC(=O)Nc2ccncc2)C1. The minimum Gasteiger partial charge on any atom is -0.355 e. The number of nitrogens with two attached hydrogens (primary N) is 1. The Hall–Kier alpha value is -1.37. The van der Waals surface area contributed by atoms with E-state index in [-0.39, 0.29) is 55.0 Å². The maximum Gasteiger partial charge on any atom is 0.226 e. The van der Waals surface area contributed by atoms with Gasteiger partial charge in [0.2, 0.25) is 11.8 Å². The number of carbonyl (C=O) groups is 2. The van der Waals surface area contributed by atoms with Crippen molar-refractivity contribution in [3.63, 3.8) is 0 Å². The zero-order valence-corrected chi connectivity index (χ0v) is 13.8. The Labute approximate surface area is 142 Å². The van der Waals surface area contributed by atoms with Crippen LogP contribution in [0.5, 0.6) is 0 Å². The molecule has 1 heterocycles. The second-order valence-corrected chi connectivity index (χ2v) is 5.10. The summed E-state index contributed by atoms with van der Waals surface area (Å²) in [5.41, 5.74) is 6.48. The predicted octanol–water partition coefficient (Wildman–Crippen LogP) is 1.50. The van der Waals surface area contributed by atoms with Crippen molar-refractivity contribution < 1.29 is 9.59 Å². The highest BCUT2D eigenvalue weighted by Crippen LogP contribution is 2.23. The van der Waals surface area contributed by atoms with Crippen LogP contribution in [0.2, 0.25) is 0 Å². The lowest BCUT2D eigenvalue weighted by molar-refractivity contribution is -0.124. The van der Waals surface area contributed by atoms with E-state index in [1.807, 2.05) is 0 Å². The van der Waals surface area contributed by atoms with Crippen molar-refractivity contribution in [2.24, 2.45) is 11.7 Å². The van der Waals surface area contributed by atoms with Crippen molar-refractivity contribution in [3.8, 4) is 0 Å². The van der Waals surface area contributed by atoms with Gasteiger partial charge >= 0.3 is 0 Å². The zero-order chi connectivity index (χ0) is 14.4. The van der Waals surface area contributed by atoms with Crippen LogP contribution in [0.1, 0.15) is 25.7 Å². The molecule has 0 bridgehead atoms. The Morgan fingerprint density at radius 2 is 1.91 bits per heavy atom. The van der Waals surface area contributed by atoms with E-state index >= 15 is 0 Å². The number of anilines is 1. The molecule has 0 aromatic carbocycles. The van der Waals surface area contributed by atoms with Crippen LogP contribution in [0.4, 0.5) is 5.69 Å². The number of nitrogens with zero attached hydrogens (tertiary/aromatic N) is 1. The fourth-order valence-electron chi connectivity index (χ4n) is 2.36. The van der Waals surface area contributed by atoms with Crippen molar-refractivity contribution in [3.05, 3.63) is 24.5 Å². The van der Waals surface area contributed by atoms with Crippen LogP contribution in [0, 0.1) is 5.92 Å². The minimum absolute atomic E-state index is 0. The average Bonchev–Trinajstić information content (AvgIpc) is 2.86. The van der Waals surface area contributed by atoms with Crippen molar-refractivity contribution >= 4 is 42.3 Å². The third-order valence-electron chi connectivity index (χ3n) is 3.46. The van der Waals surface area contributed by atoms with Gasteiger partial charge < -0.3 is 16.4 Å². The van der Waals surface area contributed by atoms with Crippen LogP contribution < -0.4 is 16.4 Å². The van der Waals surface area contributed by atoms with E-state index in [1.54, 1.807) is 24.5 Å². The van der Waals surface area contributed by atoms with E-state index in [0.717, 1.165) is 19.3 Å². The summed E-state index contributed by atoms with van der Waals surface area (Å²) in [6.07, 6.45) is 5.97. The van der Waals surface area contributed by atoms with Crippen LogP contribution in [-0.2, 0) is 9.59 Å². The molecule has 6 nitrogen and oxygen atoms in total. The standard InChI is InChI=1S/C14H20N4O2.2ClH/c15-11-2-1-10(9-11)14(20)17-8-5-13(19)18-12-3-6-16-7-4-12;;/h3-4,6-7,10-11H,1-2,5,8-9,15H2,(H,17,20)(H,16,18,19);2*1H. The summed E-state index contributed by atoms with van der Waals surface area (Å²) in [5, 5.41) is 5.54. The molecular formula is C14H22Cl2N4O2. The third kappa shape index (κ3) is 6.60. The minimum atomic E-state index is -0.125. The van der Waals surface area contributed by atoms with Gasteiger partial charge in [0.1, 0.15) is 0 Å². The smallest absolute Gasteiger partial charge is 0.226 e. The molecule has 2 atom stereocenters. The van der Waals surface area contributed by atoms with Gasteiger partial charge in [-0.15, -0.1) is 24.8 Å². The van der Waals surface area contributed by atoms with Crippen molar-refractivity contribution in [1.82, 2.24) is 10.3 Å². The third-order valence-corrected chi connectivity index (χ3v) is 3.46. The number of hydrogen-bond acceptors (Lipinski definition) is 4. The Kier molecular flexibility index (Phi) is 9.73. The second-order valence-electron chi connectivity index (χ2n) is 5.10.